The molecule has 0 spiro atoms. The van der Waals surface area contributed by atoms with Crippen LogP contribution in [-0.4, -0.2) is 20.4 Å². The number of halogens is 1. The summed E-state index contributed by atoms with van der Waals surface area (Å²) in [4.78, 5) is 8.76. The van der Waals surface area contributed by atoms with Crippen molar-refractivity contribution in [1.82, 2.24) is 14.4 Å². The van der Waals surface area contributed by atoms with Gasteiger partial charge in [-0.1, -0.05) is 18.5 Å². The zero-order chi connectivity index (χ0) is 11.7. The molecule has 0 aliphatic heterocycles. The van der Waals surface area contributed by atoms with Gasteiger partial charge in [0.15, 0.2) is 11.5 Å². The Hall–Kier alpha value is -1.29. The van der Waals surface area contributed by atoms with Gasteiger partial charge in [0.05, 0.1) is 5.69 Å². The zero-order valence-electron chi connectivity index (χ0n) is 9.66. The molecule has 4 nitrogen and oxygen atoms in total. The number of rotatable bonds is 3. The van der Waals surface area contributed by atoms with Gasteiger partial charge in [-0.3, -0.25) is 0 Å². The number of anilines is 1. The maximum absolute atomic E-state index is 5.96. The van der Waals surface area contributed by atoms with Crippen molar-refractivity contribution in [3.05, 3.63) is 23.2 Å². The number of hydrogen-bond acceptors (Lipinski definition) is 3. The van der Waals surface area contributed by atoms with Crippen LogP contribution in [0.1, 0.15) is 26.5 Å². The molecule has 0 saturated heterocycles. The summed E-state index contributed by atoms with van der Waals surface area (Å²) in [5.74, 6) is 0.738. The van der Waals surface area contributed by atoms with E-state index in [9.17, 15) is 0 Å². The Balaban J connectivity index is 2.56. The lowest BCUT2D eigenvalue weighted by atomic mass is 10.4. The molecule has 2 aromatic heterocycles. The molecule has 2 rings (SSSR count). The summed E-state index contributed by atoms with van der Waals surface area (Å²) in [6.45, 7) is 6.19. The molecule has 2 aromatic rings. The molecule has 5 heteroatoms. The van der Waals surface area contributed by atoms with Gasteiger partial charge in [-0.2, -0.15) is 0 Å². The first-order chi connectivity index (χ1) is 7.60. The second-order valence-corrected chi connectivity index (χ2v) is 4.42. The largest absolute Gasteiger partial charge is 0.365 e. The average molecular weight is 239 g/mol. The third-order valence-electron chi connectivity index (χ3n) is 2.25. The summed E-state index contributed by atoms with van der Waals surface area (Å²) in [6.07, 6.45) is 4.66. The van der Waals surface area contributed by atoms with Gasteiger partial charge in [0.25, 0.3) is 0 Å². The van der Waals surface area contributed by atoms with Gasteiger partial charge in [-0.25, -0.2) is 9.97 Å². The Bertz CT molecular complexity index is 504. The van der Waals surface area contributed by atoms with Gasteiger partial charge in [0.2, 0.25) is 0 Å². The molecule has 0 saturated carbocycles. The van der Waals surface area contributed by atoms with Crippen LogP contribution in [0, 0.1) is 0 Å². The highest BCUT2D eigenvalue weighted by atomic mass is 35.5. The highest BCUT2D eigenvalue weighted by molar-refractivity contribution is 6.29. The third-order valence-corrected chi connectivity index (χ3v) is 2.43. The smallest absolute Gasteiger partial charge is 0.180 e. The maximum atomic E-state index is 5.96. The van der Waals surface area contributed by atoms with Crippen LogP contribution in [0.5, 0.6) is 0 Å². The first-order valence-corrected chi connectivity index (χ1v) is 5.78. The summed E-state index contributed by atoms with van der Waals surface area (Å²) in [6, 6.07) is 0.302. The highest BCUT2D eigenvalue weighted by Crippen LogP contribution is 2.18. The van der Waals surface area contributed by atoms with Crippen molar-refractivity contribution in [3.63, 3.8) is 0 Å². The lowest BCUT2D eigenvalue weighted by Crippen LogP contribution is -2.12. The average Bonchev–Trinajstić information content (AvgIpc) is 2.59. The van der Waals surface area contributed by atoms with Gasteiger partial charge < -0.3 is 9.72 Å². The van der Waals surface area contributed by atoms with E-state index in [2.05, 4.69) is 36.1 Å². The van der Waals surface area contributed by atoms with Gasteiger partial charge in [0.1, 0.15) is 5.15 Å². The lowest BCUT2D eigenvalue weighted by Gasteiger charge is -2.09. The second-order valence-electron chi connectivity index (χ2n) is 4.03. The minimum atomic E-state index is 0.302. The van der Waals surface area contributed by atoms with Crippen LogP contribution in [0.25, 0.3) is 5.65 Å². The number of aryl methyl sites for hydroxylation is 1. The van der Waals surface area contributed by atoms with Crippen LogP contribution in [0.15, 0.2) is 12.4 Å². The van der Waals surface area contributed by atoms with Crippen molar-refractivity contribution in [2.45, 2.75) is 33.2 Å². The Labute approximate surface area is 99.7 Å². The molecular weight excluding hydrogens is 224 g/mol. The van der Waals surface area contributed by atoms with Crippen molar-refractivity contribution in [1.29, 1.82) is 0 Å². The van der Waals surface area contributed by atoms with Crippen LogP contribution in [-0.2, 0) is 6.42 Å². The number of aromatic nitrogens is 3. The monoisotopic (exact) mass is 238 g/mol. The van der Waals surface area contributed by atoms with Crippen molar-refractivity contribution in [2.24, 2.45) is 0 Å². The van der Waals surface area contributed by atoms with E-state index in [1.54, 1.807) is 6.20 Å². The predicted molar refractivity (Wildman–Crippen MR) is 66.1 cm³/mol. The van der Waals surface area contributed by atoms with Gasteiger partial charge in [0, 0.05) is 18.4 Å². The van der Waals surface area contributed by atoms with Gasteiger partial charge in [-0.15, -0.1) is 0 Å². The van der Waals surface area contributed by atoms with E-state index in [4.69, 9.17) is 11.6 Å². The predicted octanol–water partition coefficient (Wildman–Crippen LogP) is 2.77. The van der Waals surface area contributed by atoms with Gasteiger partial charge in [-0.05, 0) is 20.3 Å². The summed E-state index contributed by atoms with van der Waals surface area (Å²) in [7, 11) is 0. The van der Waals surface area contributed by atoms with E-state index in [0.717, 1.165) is 23.6 Å². The van der Waals surface area contributed by atoms with E-state index < -0.39 is 0 Å². The normalized spacial score (nSPS) is 11.3. The summed E-state index contributed by atoms with van der Waals surface area (Å²) >= 11 is 5.96. The Morgan fingerprint density at radius 3 is 2.75 bits per heavy atom. The number of fused-ring (bicyclic) bond motifs is 1. The number of nitrogens with zero attached hydrogens (tertiary/aromatic N) is 3. The van der Waals surface area contributed by atoms with E-state index in [-0.39, 0.29) is 0 Å². The van der Waals surface area contributed by atoms with Crippen molar-refractivity contribution in [2.75, 3.05) is 5.32 Å². The standard InChI is InChI=1S/C11H15ClN4/c1-4-8-5-16-6-9(12)15-10(11(16)14-8)13-7(2)3/h5-7H,4H2,1-3H3,(H,13,15). The van der Waals surface area contributed by atoms with Crippen LogP contribution < -0.4 is 5.32 Å². The summed E-state index contributed by atoms with van der Waals surface area (Å²) in [5.41, 5.74) is 1.87. The number of nitrogens with one attached hydrogen (secondary N) is 1. The molecule has 0 radical (unpaired) electrons. The third kappa shape index (κ3) is 2.11. The summed E-state index contributed by atoms with van der Waals surface area (Å²) in [5, 5.41) is 3.72. The topological polar surface area (TPSA) is 42.2 Å². The Morgan fingerprint density at radius 2 is 2.12 bits per heavy atom. The molecule has 16 heavy (non-hydrogen) atoms. The molecule has 0 amide bonds. The molecule has 0 aliphatic carbocycles. The molecule has 0 bridgehead atoms. The molecule has 0 aromatic carbocycles. The molecule has 2 heterocycles. The molecule has 0 aliphatic rings. The van der Waals surface area contributed by atoms with E-state index >= 15 is 0 Å². The quantitative estimate of drug-likeness (QED) is 0.894. The SMILES string of the molecule is CCc1cn2cc(Cl)nc(NC(C)C)c2n1. The molecule has 1 N–H and O–H groups in total. The fourth-order valence-electron chi connectivity index (χ4n) is 1.56. The van der Waals surface area contributed by atoms with Crippen LogP contribution >= 0.6 is 11.6 Å². The fraction of sp³-hybridized carbons (Fsp3) is 0.455. The molecule has 0 unspecified atom stereocenters. The molecule has 86 valence electrons. The van der Waals surface area contributed by atoms with E-state index in [1.165, 1.54) is 0 Å². The minimum Gasteiger partial charge on any atom is -0.365 e. The zero-order valence-corrected chi connectivity index (χ0v) is 10.4. The number of imidazole rings is 1. The number of hydrogen-bond donors (Lipinski definition) is 1. The Morgan fingerprint density at radius 1 is 1.38 bits per heavy atom. The van der Waals surface area contributed by atoms with Crippen molar-refractivity contribution >= 4 is 23.1 Å². The molecule has 0 fully saturated rings. The van der Waals surface area contributed by atoms with E-state index in [1.807, 2.05) is 10.6 Å². The fourth-order valence-corrected chi connectivity index (χ4v) is 1.75. The van der Waals surface area contributed by atoms with Crippen LogP contribution in [0.3, 0.4) is 0 Å². The second kappa shape index (κ2) is 4.29. The van der Waals surface area contributed by atoms with E-state index in [0.29, 0.717) is 11.2 Å². The lowest BCUT2D eigenvalue weighted by molar-refractivity contribution is 0.886. The molecular formula is C11H15ClN4. The molecule has 0 atom stereocenters. The highest BCUT2D eigenvalue weighted by Gasteiger charge is 2.09. The minimum absolute atomic E-state index is 0.302. The first kappa shape index (κ1) is 11.2. The van der Waals surface area contributed by atoms with Crippen LogP contribution in [0.2, 0.25) is 5.15 Å². The van der Waals surface area contributed by atoms with Crippen molar-refractivity contribution < 1.29 is 0 Å². The van der Waals surface area contributed by atoms with Gasteiger partial charge >= 0.3 is 0 Å². The maximum Gasteiger partial charge on any atom is 0.180 e. The van der Waals surface area contributed by atoms with Crippen LogP contribution in [0.4, 0.5) is 5.82 Å². The summed E-state index contributed by atoms with van der Waals surface area (Å²) < 4.78 is 1.92. The van der Waals surface area contributed by atoms with Crippen molar-refractivity contribution in [3.8, 4) is 0 Å². The Kier molecular flexibility index (Phi) is 3.01. The first-order valence-electron chi connectivity index (χ1n) is 5.40.